The molecule has 2 heterocycles. The van der Waals surface area contributed by atoms with Crippen LogP contribution in [0.5, 0.6) is 0 Å². The Morgan fingerprint density at radius 2 is 2.09 bits per heavy atom. The first-order chi connectivity index (χ1) is 10.9. The van der Waals surface area contributed by atoms with E-state index in [-0.39, 0.29) is 11.4 Å². The summed E-state index contributed by atoms with van der Waals surface area (Å²) < 4.78 is 11.2. The topological polar surface area (TPSA) is 95.3 Å². The number of nitrogens with zero attached hydrogens (tertiary/aromatic N) is 3. The predicted octanol–water partition coefficient (Wildman–Crippen LogP) is 1.34. The van der Waals surface area contributed by atoms with Gasteiger partial charge in [-0.2, -0.15) is 0 Å². The molecule has 0 atom stereocenters. The Balaban J connectivity index is 0.000000322. The van der Waals surface area contributed by atoms with E-state index in [0.29, 0.717) is 19.1 Å². The van der Waals surface area contributed by atoms with Crippen molar-refractivity contribution < 1.29 is 19.1 Å². The van der Waals surface area contributed by atoms with Gasteiger partial charge in [-0.3, -0.25) is 4.79 Å². The number of ether oxygens (including phenoxy) is 2. The van der Waals surface area contributed by atoms with Crippen LogP contribution in [-0.4, -0.2) is 52.5 Å². The van der Waals surface area contributed by atoms with Crippen LogP contribution in [0.15, 0.2) is 6.33 Å². The first kappa shape index (κ1) is 19.1. The van der Waals surface area contributed by atoms with E-state index in [0.717, 1.165) is 25.9 Å². The van der Waals surface area contributed by atoms with Crippen molar-refractivity contribution in [1.29, 1.82) is 0 Å². The van der Waals surface area contributed by atoms with Crippen LogP contribution in [0.4, 0.5) is 0 Å². The summed E-state index contributed by atoms with van der Waals surface area (Å²) in [5.41, 5.74) is -0.318. The number of hydrogen-bond acceptors (Lipinski definition) is 7. The van der Waals surface area contributed by atoms with Gasteiger partial charge in [0.2, 0.25) is 0 Å². The monoisotopic (exact) mass is 326 g/mol. The summed E-state index contributed by atoms with van der Waals surface area (Å²) in [6.07, 6.45) is 3.65. The van der Waals surface area contributed by atoms with Crippen molar-refractivity contribution >= 4 is 12.4 Å². The molecular formula is C15H26N4O4. The molecule has 23 heavy (non-hydrogen) atoms. The quantitative estimate of drug-likeness (QED) is 0.659. The van der Waals surface area contributed by atoms with Crippen molar-refractivity contribution in [1.82, 2.24) is 20.1 Å². The third-order valence-electron chi connectivity index (χ3n) is 3.05. The predicted molar refractivity (Wildman–Crippen MR) is 84.0 cm³/mol. The van der Waals surface area contributed by atoms with Crippen molar-refractivity contribution in [2.75, 3.05) is 19.7 Å². The number of carbonyl (C=O) groups excluding carboxylic acids is 2. The average Bonchev–Trinajstić information content (AvgIpc) is 2.98. The Hall–Kier alpha value is -1.96. The second-order valence-corrected chi connectivity index (χ2v) is 6.08. The standard InChI is InChI=1S/C10H16N4O2.C5H10O2/c1-2-16-10(15)9-12-7-14(13-9)8-3-5-11-6-4-8;1-5(2,3)7-4-6/h7-8,11H,2-6H2,1H3;4H,1-3H3. The van der Waals surface area contributed by atoms with E-state index >= 15 is 0 Å². The van der Waals surface area contributed by atoms with Crippen molar-refractivity contribution in [2.24, 2.45) is 0 Å². The van der Waals surface area contributed by atoms with Crippen molar-refractivity contribution in [2.45, 2.75) is 52.2 Å². The highest BCUT2D eigenvalue weighted by Gasteiger charge is 2.19. The Morgan fingerprint density at radius 1 is 1.43 bits per heavy atom. The Kier molecular flexibility index (Phi) is 7.67. The summed E-state index contributed by atoms with van der Waals surface area (Å²) in [7, 11) is 0. The molecule has 0 aromatic carbocycles. The van der Waals surface area contributed by atoms with Gasteiger partial charge >= 0.3 is 5.97 Å². The van der Waals surface area contributed by atoms with E-state index in [1.165, 1.54) is 0 Å². The van der Waals surface area contributed by atoms with Crippen LogP contribution >= 0.6 is 0 Å². The smallest absolute Gasteiger partial charge is 0.378 e. The fourth-order valence-corrected chi connectivity index (χ4v) is 1.96. The lowest BCUT2D eigenvalue weighted by Crippen LogP contribution is -2.29. The molecule has 8 nitrogen and oxygen atoms in total. The maximum absolute atomic E-state index is 11.4. The van der Waals surface area contributed by atoms with Gasteiger partial charge in [0.05, 0.1) is 12.6 Å². The van der Waals surface area contributed by atoms with Crippen molar-refractivity contribution in [3.63, 3.8) is 0 Å². The van der Waals surface area contributed by atoms with Crippen molar-refractivity contribution in [3.05, 3.63) is 12.2 Å². The van der Waals surface area contributed by atoms with E-state index in [9.17, 15) is 9.59 Å². The van der Waals surface area contributed by atoms with E-state index < -0.39 is 5.97 Å². The van der Waals surface area contributed by atoms with Crippen LogP contribution in [0.2, 0.25) is 0 Å². The molecule has 1 fully saturated rings. The van der Waals surface area contributed by atoms with Gasteiger partial charge in [0.25, 0.3) is 12.3 Å². The Bertz CT molecular complexity index is 490. The molecule has 130 valence electrons. The van der Waals surface area contributed by atoms with E-state index in [2.05, 4.69) is 20.1 Å². The van der Waals surface area contributed by atoms with Crippen LogP contribution in [0.3, 0.4) is 0 Å². The Morgan fingerprint density at radius 3 is 2.57 bits per heavy atom. The largest absolute Gasteiger partial charge is 0.462 e. The van der Waals surface area contributed by atoms with Gasteiger partial charge in [-0.1, -0.05) is 0 Å². The minimum Gasteiger partial charge on any atom is -0.462 e. The lowest BCUT2D eigenvalue weighted by molar-refractivity contribution is -0.138. The summed E-state index contributed by atoms with van der Waals surface area (Å²) in [6, 6.07) is 0.344. The zero-order valence-corrected chi connectivity index (χ0v) is 14.2. The van der Waals surface area contributed by atoms with E-state index in [1.54, 1.807) is 17.9 Å². The fraction of sp³-hybridized carbons (Fsp3) is 0.733. The molecule has 2 rings (SSSR count). The molecule has 1 saturated heterocycles. The number of carbonyl (C=O) groups is 2. The van der Waals surface area contributed by atoms with Crippen LogP contribution in [0.1, 0.15) is 57.2 Å². The maximum atomic E-state index is 11.4. The molecular weight excluding hydrogens is 300 g/mol. The SMILES string of the molecule is CC(C)(C)OC=O.CCOC(=O)c1ncn(C2CCNCC2)n1. The summed E-state index contributed by atoms with van der Waals surface area (Å²) in [5.74, 6) is -0.296. The zero-order valence-electron chi connectivity index (χ0n) is 14.2. The molecule has 1 aromatic heterocycles. The third-order valence-corrected chi connectivity index (χ3v) is 3.05. The molecule has 0 spiro atoms. The number of piperidine rings is 1. The van der Waals surface area contributed by atoms with E-state index in [1.807, 2.05) is 20.8 Å². The molecule has 1 aliphatic rings. The van der Waals surface area contributed by atoms with Crippen LogP contribution < -0.4 is 5.32 Å². The minimum absolute atomic E-state index is 0.153. The number of esters is 1. The normalized spacial score (nSPS) is 15.3. The van der Waals surface area contributed by atoms with Gasteiger partial charge in [-0.15, -0.1) is 5.10 Å². The highest BCUT2D eigenvalue weighted by molar-refractivity contribution is 5.84. The molecule has 0 bridgehead atoms. The van der Waals surface area contributed by atoms with Gasteiger partial charge in [0.1, 0.15) is 11.9 Å². The minimum atomic E-state index is -0.449. The van der Waals surface area contributed by atoms with Gasteiger partial charge in [-0.05, 0) is 53.6 Å². The summed E-state index contributed by atoms with van der Waals surface area (Å²) in [6.45, 7) is 10.0. The van der Waals surface area contributed by atoms with Gasteiger partial charge in [0, 0.05) is 0 Å². The molecule has 1 aromatic rings. The summed E-state index contributed by atoms with van der Waals surface area (Å²) >= 11 is 0. The van der Waals surface area contributed by atoms with Gasteiger partial charge in [0.15, 0.2) is 0 Å². The zero-order chi connectivity index (χ0) is 17.3. The fourth-order valence-electron chi connectivity index (χ4n) is 1.96. The van der Waals surface area contributed by atoms with Crippen LogP contribution in [0.25, 0.3) is 0 Å². The van der Waals surface area contributed by atoms with Gasteiger partial charge < -0.3 is 14.8 Å². The van der Waals surface area contributed by atoms with Crippen LogP contribution in [0, 0.1) is 0 Å². The first-order valence-corrected chi connectivity index (χ1v) is 7.77. The summed E-state index contributed by atoms with van der Waals surface area (Å²) in [4.78, 5) is 24.9. The highest BCUT2D eigenvalue weighted by Crippen LogP contribution is 2.16. The molecule has 1 aliphatic heterocycles. The lowest BCUT2D eigenvalue weighted by Gasteiger charge is -2.22. The molecule has 1 N–H and O–H groups in total. The van der Waals surface area contributed by atoms with E-state index in [4.69, 9.17) is 4.74 Å². The number of hydrogen-bond donors (Lipinski definition) is 1. The second-order valence-electron chi connectivity index (χ2n) is 6.08. The molecule has 0 radical (unpaired) electrons. The summed E-state index contributed by atoms with van der Waals surface area (Å²) in [5, 5.41) is 7.44. The number of rotatable bonds is 4. The Labute approximate surface area is 136 Å². The molecule has 8 heteroatoms. The first-order valence-electron chi connectivity index (χ1n) is 7.77. The molecule has 0 unspecified atom stereocenters. The third kappa shape index (κ3) is 7.23. The highest BCUT2D eigenvalue weighted by atomic mass is 16.5. The molecule has 0 saturated carbocycles. The number of aromatic nitrogens is 3. The molecule has 0 amide bonds. The average molecular weight is 326 g/mol. The lowest BCUT2D eigenvalue weighted by atomic mass is 10.1. The number of nitrogens with one attached hydrogen (secondary N) is 1. The maximum Gasteiger partial charge on any atom is 0.378 e. The van der Waals surface area contributed by atoms with Gasteiger partial charge in [-0.25, -0.2) is 14.5 Å². The molecule has 0 aliphatic carbocycles. The van der Waals surface area contributed by atoms with Crippen LogP contribution in [-0.2, 0) is 14.3 Å². The second kappa shape index (κ2) is 9.24. The van der Waals surface area contributed by atoms with Crippen molar-refractivity contribution in [3.8, 4) is 0 Å².